The molecule has 0 N–H and O–H groups in total. The van der Waals surface area contributed by atoms with Crippen LogP contribution in [0.15, 0.2) is 55.1 Å². The lowest BCUT2D eigenvalue weighted by atomic mass is 10.1. The van der Waals surface area contributed by atoms with E-state index < -0.39 is 0 Å². The van der Waals surface area contributed by atoms with Crippen molar-refractivity contribution in [3.8, 4) is 0 Å². The van der Waals surface area contributed by atoms with Crippen molar-refractivity contribution >= 4 is 16.7 Å². The number of morpholine rings is 1. The minimum atomic E-state index is -0.0304. The van der Waals surface area contributed by atoms with Crippen molar-refractivity contribution in [1.29, 1.82) is 0 Å². The van der Waals surface area contributed by atoms with Gasteiger partial charge in [-0.25, -0.2) is 9.97 Å². The van der Waals surface area contributed by atoms with Crippen LogP contribution in [0.2, 0.25) is 0 Å². The number of rotatable bonds is 4. The highest BCUT2D eigenvalue weighted by atomic mass is 16.5. The van der Waals surface area contributed by atoms with E-state index in [9.17, 15) is 4.79 Å². The van der Waals surface area contributed by atoms with Crippen LogP contribution in [0.1, 0.15) is 22.6 Å². The third-order valence-electron chi connectivity index (χ3n) is 4.67. The number of aryl methyl sites for hydroxylation is 1. The fourth-order valence-electron chi connectivity index (χ4n) is 3.29. The van der Waals surface area contributed by atoms with Gasteiger partial charge in [0.05, 0.1) is 12.7 Å². The summed E-state index contributed by atoms with van der Waals surface area (Å²) in [4.78, 5) is 27.4. The standard InChI is InChI=1S/C20H20N4O2/c25-20(19-18-4-2-1-3-15(18)7-10-22-19)24-11-12-26-17(13-24)6-5-16-8-9-21-14-23-16/h1-4,7-10,14,17H,5-6,11-13H2/t17-/m1/s1. The fourth-order valence-corrected chi connectivity index (χ4v) is 3.29. The average Bonchev–Trinajstić information content (AvgIpc) is 2.72. The van der Waals surface area contributed by atoms with Crippen LogP contribution in [-0.4, -0.2) is 51.6 Å². The average molecular weight is 348 g/mol. The minimum Gasteiger partial charge on any atom is -0.375 e. The molecule has 132 valence electrons. The molecule has 6 heteroatoms. The maximum Gasteiger partial charge on any atom is 0.273 e. The summed E-state index contributed by atoms with van der Waals surface area (Å²) in [6, 6.07) is 11.7. The van der Waals surface area contributed by atoms with Crippen LogP contribution in [0.5, 0.6) is 0 Å². The van der Waals surface area contributed by atoms with Gasteiger partial charge in [-0.2, -0.15) is 0 Å². The van der Waals surface area contributed by atoms with Gasteiger partial charge in [0.25, 0.3) is 5.91 Å². The van der Waals surface area contributed by atoms with Crippen LogP contribution in [0.3, 0.4) is 0 Å². The predicted molar refractivity (Wildman–Crippen MR) is 97.7 cm³/mol. The molecule has 2 aromatic heterocycles. The number of ether oxygens (including phenoxy) is 1. The van der Waals surface area contributed by atoms with Gasteiger partial charge in [-0.1, -0.05) is 24.3 Å². The normalized spacial score (nSPS) is 17.4. The molecule has 4 rings (SSSR count). The molecule has 1 saturated heterocycles. The Bertz CT molecular complexity index is 895. The smallest absolute Gasteiger partial charge is 0.273 e. The number of hydrogen-bond donors (Lipinski definition) is 0. The Morgan fingerprint density at radius 3 is 2.96 bits per heavy atom. The minimum absolute atomic E-state index is 0.0117. The van der Waals surface area contributed by atoms with Gasteiger partial charge in [0.1, 0.15) is 12.0 Å². The molecule has 1 aliphatic heterocycles. The molecule has 0 unspecified atom stereocenters. The highest BCUT2D eigenvalue weighted by Crippen LogP contribution is 2.20. The molecule has 26 heavy (non-hydrogen) atoms. The number of nitrogens with zero attached hydrogens (tertiary/aromatic N) is 4. The molecule has 0 spiro atoms. The number of pyridine rings is 1. The summed E-state index contributed by atoms with van der Waals surface area (Å²) in [5.74, 6) is -0.0304. The molecule has 1 aliphatic rings. The first-order chi connectivity index (χ1) is 12.8. The van der Waals surface area contributed by atoms with Gasteiger partial charge in [-0.15, -0.1) is 0 Å². The lowest BCUT2D eigenvalue weighted by molar-refractivity contribution is -0.0248. The molecule has 3 heterocycles. The fraction of sp³-hybridized carbons (Fsp3) is 0.300. The molecule has 1 fully saturated rings. The molecule has 6 nitrogen and oxygen atoms in total. The Balaban J connectivity index is 1.46. The van der Waals surface area contributed by atoms with Crippen molar-refractivity contribution in [2.45, 2.75) is 18.9 Å². The van der Waals surface area contributed by atoms with E-state index in [1.807, 2.05) is 41.3 Å². The van der Waals surface area contributed by atoms with Crippen LogP contribution in [0.4, 0.5) is 0 Å². The summed E-state index contributed by atoms with van der Waals surface area (Å²) >= 11 is 0. The van der Waals surface area contributed by atoms with E-state index in [1.165, 1.54) is 0 Å². The summed E-state index contributed by atoms with van der Waals surface area (Å²) in [5.41, 5.74) is 1.50. The molecule has 0 aliphatic carbocycles. The topological polar surface area (TPSA) is 68.2 Å². The summed E-state index contributed by atoms with van der Waals surface area (Å²) in [6.07, 6.45) is 6.64. The SMILES string of the molecule is O=C(c1nccc2ccccc12)N1CCO[C@H](CCc2ccncn2)C1. The third-order valence-corrected chi connectivity index (χ3v) is 4.67. The molecule has 3 aromatic rings. The Morgan fingerprint density at radius 1 is 1.15 bits per heavy atom. The van der Waals surface area contributed by atoms with Gasteiger partial charge in [-0.3, -0.25) is 9.78 Å². The molecular formula is C20H20N4O2. The summed E-state index contributed by atoms with van der Waals surface area (Å²) in [5, 5.41) is 1.92. The highest BCUT2D eigenvalue weighted by molar-refractivity contribution is 6.05. The summed E-state index contributed by atoms with van der Waals surface area (Å²) in [7, 11) is 0. The van der Waals surface area contributed by atoms with E-state index in [1.54, 1.807) is 18.7 Å². The second-order valence-corrected chi connectivity index (χ2v) is 6.36. The number of aromatic nitrogens is 3. The van der Waals surface area contributed by atoms with Crippen LogP contribution in [0.25, 0.3) is 10.8 Å². The lowest BCUT2D eigenvalue weighted by Gasteiger charge is -2.33. The number of carbonyl (C=O) groups excluding carboxylic acids is 1. The largest absolute Gasteiger partial charge is 0.375 e. The number of benzene rings is 1. The van der Waals surface area contributed by atoms with E-state index in [0.29, 0.717) is 25.4 Å². The first-order valence-corrected chi connectivity index (χ1v) is 8.81. The van der Waals surface area contributed by atoms with E-state index in [0.717, 1.165) is 29.3 Å². The van der Waals surface area contributed by atoms with Gasteiger partial charge < -0.3 is 9.64 Å². The van der Waals surface area contributed by atoms with Crippen molar-refractivity contribution in [2.24, 2.45) is 0 Å². The zero-order valence-electron chi connectivity index (χ0n) is 14.4. The first-order valence-electron chi connectivity index (χ1n) is 8.81. The van der Waals surface area contributed by atoms with Crippen LogP contribution in [0, 0.1) is 0 Å². The Kier molecular flexibility index (Phi) is 4.84. The van der Waals surface area contributed by atoms with Gasteiger partial charge >= 0.3 is 0 Å². The van der Waals surface area contributed by atoms with Crippen molar-refractivity contribution < 1.29 is 9.53 Å². The lowest BCUT2D eigenvalue weighted by Crippen LogP contribution is -2.46. The van der Waals surface area contributed by atoms with E-state index in [4.69, 9.17) is 4.74 Å². The quantitative estimate of drug-likeness (QED) is 0.725. The molecule has 0 radical (unpaired) electrons. The third kappa shape index (κ3) is 3.55. The van der Waals surface area contributed by atoms with Crippen molar-refractivity contribution in [3.05, 3.63) is 66.5 Å². The number of amides is 1. The Hall–Kier alpha value is -2.86. The second kappa shape index (κ2) is 7.58. The number of hydrogen-bond acceptors (Lipinski definition) is 5. The van der Waals surface area contributed by atoms with Gasteiger partial charge in [0.2, 0.25) is 0 Å². The van der Waals surface area contributed by atoms with Crippen molar-refractivity contribution in [2.75, 3.05) is 19.7 Å². The van der Waals surface area contributed by atoms with Crippen LogP contribution < -0.4 is 0 Å². The van der Waals surface area contributed by atoms with Crippen molar-refractivity contribution in [3.63, 3.8) is 0 Å². The molecule has 1 atom stereocenters. The van der Waals surface area contributed by atoms with Crippen LogP contribution >= 0.6 is 0 Å². The monoisotopic (exact) mass is 348 g/mol. The Labute approximate surface area is 151 Å². The maximum atomic E-state index is 13.0. The molecule has 1 amide bonds. The predicted octanol–water partition coefficient (Wildman–Crippen LogP) is 2.50. The summed E-state index contributed by atoms with van der Waals surface area (Å²) in [6.45, 7) is 1.72. The van der Waals surface area contributed by atoms with E-state index >= 15 is 0 Å². The molecule has 0 saturated carbocycles. The zero-order chi connectivity index (χ0) is 17.8. The van der Waals surface area contributed by atoms with Crippen molar-refractivity contribution in [1.82, 2.24) is 19.9 Å². The van der Waals surface area contributed by atoms with Gasteiger partial charge in [0, 0.05) is 36.6 Å². The van der Waals surface area contributed by atoms with Gasteiger partial charge in [0.15, 0.2) is 0 Å². The zero-order valence-corrected chi connectivity index (χ0v) is 14.4. The van der Waals surface area contributed by atoms with E-state index in [2.05, 4.69) is 15.0 Å². The summed E-state index contributed by atoms with van der Waals surface area (Å²) < 4.78 is 5.85. The van der Waals surface area contributed by atoms with Crippen LogP contribution in [-0.2, 0) is 11.2 Å². The molecular weight excluding hydrogens is 328 g/mol. The first kappa shape index (κ1) is 16.6. The number of carbonyl (C=O) groups is 1. The van der Waals surface area contributed by atoms with E-state index in [-0.39, 0.29) is 12.0 Å². The highest BCUT2D eigenvalue weighted by Gasteiger charge is 2.26. The second-order valence-electron chi connectivity index (χ2n) is 6.36. The Morgan fingerprint density at radius 2 is 2.08 bits per heavy atom. The van der Waals surface area contributed by atoms with Gasteiger partial charge in [-0.05, 0) is 30.4 Å². The molecule has 1 aromatic carbocycles. The molecule has 0 bridgehead atoms. The maximum absolute atomic E-state index is 13.0. The number of fused-ring (bicyclic) bond motifs is 1.